The van der Waals surface area contributed by atoms with Crippen LogP contribution in [-0.2, 0) is 11.2 Å². The first-order chi connectivity index (χ1) is 15.6. The summed E-state index contributed by atoms with van der Waals surface area (Å²) in [6.45, 7) is 6.95. The smallest absolute Gasteiger partial charge is 0.223 e. The number of piperidine rings is 1. The highest BCUT2D eigenvalue weighted by atomic mass is 16.3. The largest absolute Gasteiger partial charge is 0.389 e. The van der Waals surface area contributed by atoms with Gasteiger partial charge in [-0.3, -0.25) is 4.79 Å². The monoisotopic (exact) mass is 434 g/mol. The van der Waals surface area contributed by atoms with E-state index in [0.717, 1.165) is 45.2 Å². The quantitative estimate of drug-likeness (QED) is 0.638. The molecule has 32 heavy (non-hydrogen) atoms. The number of hydrogen-bond donors (Lipinski definition) is 1. The van der Waals surface area contributed by atoms with Crippen LogP contribution in [0, 0.1) is 5.92 Å². The Morgan fingerprint density at radius 3 is 2.44 bits per heavy atom. The molecule has 4 nitrogen and oxygen atoms in total. The molecule has 0 spiro atoms. The molecule has 2 aromatic carbocycles. The second-order valence-electron chi connectivity index (χ2n) is 9.49. The van der Waals surface area contributed by atoms with Crippen molar-refractivity contribution in [3.63, 3.8) is 0 Å². The lowest BCUT2D eigenvalue weighted by Crippen LogP contribution is -2.56. The third-order valence-electron chi connectivity index (χ3n) is 7.72. The van der Waals surface area contributed by atoms with Gasteiger partial charge < -0.3 is 14.9 Å². The molecule has 0 radical (unpaired) electrons. The van der Waals surface area contributed by atoms with Crippen molar-refractivity contribution in [2.24, 2.45) is 5.92 Å². The zero-order valence-electron chi connectivity index (χ0n) is 19.7. The predicted octanol–water partition coefficient (Wildman–Crippen LogP) is 5.36. The van der Waals surface area contributed by atoms with Gasteiger partial charge in [-0.15, -0.1) is 0 Å². The summed E-state index contributed by atoms with van der Waals surface area (Å²) in [5, 5.41) is 11.5. The summed E-state index contributed by atoms with van der Waals surface area (Å²) < 4.78 is 0. The second-order valence-corrected chi connectivity index (χ2v) is 9.49. The molecule has 3 atom stereocenters. The van der Waals surface area contributed by atoms with Gasteiger partial charge >= 0.3 is 0 Å². The van der Waals surface area contributed by atoms with Gasteiger partial charge in [0.15, 0.2) is 0 Å². The lowest BCUT2D eigenvalue weighted by atomic mass is 9.66. The van der Waals surface area contributed by atoms with Crippen LogP contribution in [0.15, 0.2) is 54.6 Å². The standard InChI is InChI=1S/C28H38N2O2/c1-3-29(4-2)24-16-14-23(15-17-24)27-25-12-8-9-19-28(25,32)20-21-30(27)26(31)18-13-22-10-6-5-7-11-22/h5-7,10-11,14-17,25,27,32H,3-4,8-9,12-13,18-21H2,1-2H3/t25?,27-,28?/m0/s1. The Labute approximate surface area is 193 Å². The summed E-state index contributed by atoms with van der Waals surface area (Å²) in [7, 11) is 0. The third kappa shape index (κ3) is 4.71. The summed E-state index contributed by atoms with van der Waals surface area (Å²) in [5.41, 5.74) is 2.94. The van der Waals surface area contributed by atoms with Gasteiger partial charge in [0.05, 0.1) is 11.6 Å². The second kappa shape index (κ2) is 10.1. The topological polar surface area (TPSA) is 43.8 Å². The highest BCUT2D eigenvalue weighted by molar-refractivity contribution is 5.77. The first-order valence-corrected chi connectivity index (χ1v) is 12.5. The molecule has 0 aromatic heterocycles. The average Bonchev–Trinajstić information content (AvgIpc) is 2.83. The molecule has 2 fully saturated rings. The van der Waals surface area contributed by atoms with Crippen molar-refractivity contribution in [1.29, 1.82) is 0 Å². The number of rotatable bonds is 7. The van der Waals surface area contributed by atoms with Crippen LogP contribution in [0.4, 0.5) is 5.69 Å². The highest BCUT2D eigenvalue weighted by Crippen LogP contribution is 2.49. The Morgan fingerprint density at radius 1 is 1.03 bits per heavy atom. The van der Waals surface area contributed by atoms with Crippen LogP contribution in [0.2, 0.25) is 0 Å². The van der Waals surface area contributed by atoms with E-state index in [1.54, 1.807) is 0 Å². The minimum absolute atomic E-state index is 0.0388. The van der Waals surface area contributed by atoms with Crippen LogP contribution >= 0.6 is 0 Å². The van der Waals surface area contributed by atoms with E-state index in [1.165, 1.54) is 16.8 Å². The summed E-state index contributed by atoms with van der Waals surface area (Å²) in [6.07, 6.45) is 6.04. The Balaban J connectivity index is 1.59. The van der Waals surface area contributed by atoms with Gasteiger partial charge in [-0.2, -0.15) is 0 Å². The number of benzene rings is 2. The number of likely N-dealkylation sites (tertiary alicyclic amines) is 1. The number of hydrogen-bond acceptors (Lipinski definition) is 3. The third-order valence-corrected chi connectivity index (χ3v) is 7.72. The molecule has 2 unspecified atom stereocenters. The normalized spacial score (nSPS) is 25.3. The zero-order chi connectivity index (χ0) is 22.6. The zero-order valence-corrected chi connectivity index (χ0v) is 19.7. The van der Waals surface area contributed by atoms with Crippen LogP contribution in [0.3, 0.4) is 0 Å². The van der Waals surface area contributed by atoms with Crippen molar-refractivity contribution in [3.8, 4) is 0 Å². The molecular formula is C28H38N2O2. The van der Waals surface area contributed by atoms with Gasteiger partial charge in [0, 0.05) is 37.7 Å². The predicted molar refractivity (Wildman–Crippen MR) is 131 cm³/mol. The highest BCUT2D eigenvalue weighted by Gasteiger charge is 2.49. The number of anilines is 1. The maximum Gasteiger partial charge on any atom is 0.223 e. The Bertz CT molecular complexity index is 878. The number of aliphatic hydroxyl groups is 1. The SMILES string of the molecule is CCN(CC)c1ccc([C@H]2C3CCCCC3(O)CCN2C(=O)CCc2ccccc2)cc1. The number of fused-ring (bicyclic) bond motifs is 1. The first kappa shape index (κ1) is 22.8. The van der Waals surface area contributed by atoms with Crippen LogP contribution in [0.1, 0.15) is 69.5 Å². The van der Waals surface area contributed by atoms with Gasteiger partial charge in [-0.25, -0.2) is 0 Å². The fraction of sp³-hybridized carbons (Fsp3) is 0.536. The van der Waals surface area contributed by atoms with Gasteiger partial charge in [-0.1, -0.05) is 55.3 Å². The van der Waals surface area contributed by atoms with Crippen LogP contribution < -0.4 is 4.90 Å². The van der Waals surface area contributed by atoms with Crippen molar-refractivity contribution in [2.75, 3.05) is 24.5 Å². The van der Waals surface area contributed by atoms with Gasteiger partial charge in [0.25, 0.3) is 0 Å². The van der Waals surface area contributed by atoms with E-state index in [1.807, 2.05) is 18.2 Å². The van der Waals surface area contributed by atoms with E-state index in [2.05, 4.69) is 60.0 Å². The molecule has 2 aromatic rings. The van der Waals surface area contributed by atoms with E-state index in [-0.39, 0.29) is 17.9 Å². The minimum atomic E-state index is -0.642. The van der Waals surface area contributed by atoms with Crippen LogP contribution in [-0.4, -0.2) is 41.1 Å². The van der Waals surface area contributed by atoms with Crippen molar-refractivity contribution in [2.45, 2.75) is 70.4 Å². The summed E-state index contributed by atoms with van der Waals surface area (Å²) >= 11 is 0. The van der Waals surface area contributed by atoms with E-state index in [4.69, 9.17) is 0 Å². The summed E-state index contributed by atoms with van der Waals surface area (Å²) in [6, 6.07) is 19.0. The Morgan fingerprint density at radius 2 is 1.75 bits per heavy atom. The molecule has 1 N–H and O–H groups in total. The minimum Gasteiger partial charge on any atom is -0.389 e. The lowest BCUT2D eigenvalue weighted by molar-refractivity contribution is -0.155. The van der Waals surface area contributed by atoms with Crippen molar-refractivity contribution in [1.82, 2.24) is 4.90 Å². The molecule has 1 saturated heterocycles. The van der Waals surface area contributed by atoms with Crippen molar-refractivity contribution >= 4 is 11.6 Å². The molecular weight excluding hydrogens is 396 g/mol. The molecule has 1 aliphatic carbocycles. The molecule has 4 rings (SSSR count). The van der Waals surface area contributed by atoms with Crippen molar-refractivity contribution < 1.29 is 9.90 Å². The van der Waals surface area contributed by atoms with Gasteiger partial charge in [0.2, 0.25) is 5.91 Å². The fourth-order valence-corrected chi connectivity index (χ4v) is 5.88. The van der Waals surface area contributed by atoms with E-state index < -0.39 is 5.60 Å². The first-order valence-electron chi connectivity index (χ1n) is 12.5. The molecule has 1 heterocycles. The maximum atomic E-state index is 13.4. The molecule has 1 aliphatic heterocycles. The molecule has 0 bridgehead atoms. The summed E-state index contributed by atoms with van der Waals surface area (Å²) in [5.74, 6) is 0.323. The molecule has 2 aliphatic rings. The lowest BCUT2D eigenvalue weighted by Gasteiger charge is -2.52. The van der Waals surface area contributed by atoms with Gasteiger partial charge in [-0.05, 0) is 62.8 Å². The van der Waals surface area contributed by atoms with Crippen LogP contribution in [0.25, 0.3) is 0 Å². The number of carbonyl (C=O) groups excluding carboxylic acids is 1. The molecule has 4 heteroatoms. The molecule has 172 valence electrons. The number of carbonyl (C=O) groups is 1. The van der Waals surface area contributed by atoms with E-state index >= 15 is 0 Å². The van der Waals surface area contributed by atoms with Crippen LogP contribution in [0.5, 0.6) is 0 Å². The number of amides is 1. The fourth-order valence-electron chi connectivity index (χ4n) is 5.88. The van der Waals surface area contributed by atoms with Crippen molar-refractivity contribution in [3.05, 3.63) is 65.7 Å². The Kier molecular flexibility index (Phi) is 7.20. The maximum absolute atomic E-state index is 13.4. The number of aryl methyl sites for hydroxylation is 1. The Hall–Kier alpha value is -2.33. The van der Waals surface area contributed by atoms with E-state index in [9.17, 15) is 9.90 Å². The molecule has 1 amide bonds. The molecule has 1 saturated carbocycles. The average molecular weight is 435 g/mol. The number of nitrogens with zero attached hydrogens (tertiary/aromatic N) is 2. The van der Waals surface area contributed by atoms with E-state index in [0.29, 0.717) is 19.4 Å². The summed E-state index contributed by atoms with van der Waals surface area (Å²) in [4.78, 5) is 17.9. The van der Waals surface area contributed by atoms with Gasteiger partial charge in [0.1, 0.15) is 0 Å².